The molecule has 3 aromatic rings. The maximum atomic E-state index is 12.1. The lowest BCUT2D eigenvalue weighted by Gasteiger charge is -2.14. The van der Waals surface area contributed by atoms with E-state index in [1.165, 1.54) is 0 Å². The van der Waals surface area contributed by atoms with Crippen LogP contribution in [0.4, 0.5) is 0 Å². The van der Waals surface area contributed by atoms with E-state index in [0.717, 1.165) is 46.9 Å². The van der Waals surface area contributed by atoms with Crippen molar-refractivity contribution in [2.24, 2.45) is 0 Å². The average Bonchev–Trinajstić information content (AvgIpc) is 3.30. The second-order valence-corrected chi connectivity index (χ2v) is 7.24. The summed E-state index contributed by atoms with van der Waals surface area (Å²) in [7, 11) is 0. The zero-order chi connectivity index (χ0) is 20.1. The Bertz CT molecular complexity index is 978. The van der Waals surface area contributed by atoms with Crippen molar-refractivity contribution in [3.05, 3.63) is 66.2 Å². The molecule has 1 saturated heterocycles. The molecule has 0 bridgehead atoms. The molecule has 1 aliphatic heterocycles. The van der Waals surface area contributed by atoms with E-state index in [4.69, 9.17) is 9.47 Å². The van der Waals surface area contributed by atoms with Crippen molar-refractivity contribution >= 4 is 16.7 Å². The van der Waals surface area contributed by atoms with Gasteiger partial charge in [0.2, 0.25) is 0 Å². The first-order valence-electron chi connectivity index (χ1n) is 9.97. The van der Waals surface area contributed by atoms with E-state index < -0.39 is 0 Å². The highest BCUT2D eigenvalue weighted by molar-refractivity contribution is 6.00. The number of amides is 1. The molecule has 1 aliphatic rings. The Morgan fingerprint density at radius 2 is 1.86 bits per heavy atom. The van der Waals surface area contributed by atoms with Crippen LogP contribution in [0.2, 0.25) is 0 Å². The fraction of sp³-hybridized carbons (Fsp3) is 0.292. The summed E-state index contributed by atoms with van der Waals surface area (Å²) in [5.74, 6) is 0.539. The Labute approximate surface area is 170 Å². The number of nitrogens with one attached hydrogen (secondary N) is 1. The number of hydrogen-bond acceptors (Lipinski definition) is 4. The van der Waals surface area contributed by atoms with Crippen LogP contribution in [0.25, 0.3) is 21.9 Å². The first-order valence-corrected chi connectivity index (χ1v) is 9.97. The second-order valence-electron chi connectivity index (χ2n) is 7.24. The highest BCUT2D eigenvalue weighted by atomic mass is 16.5. The van der Waals surface area contributed by atoms with Crippen molar-refractivity contribution in [3.8, 4) is 16.9 Å². The maximum absolute atomic E-state index is 12.1. The molecule has 3 aromatic carbocycles. The second kappa shape index (κ2) is 9.07. The Balaban J connectivity index is 1.49. The lowest BCUT2D eigenvalue weighted by atomic mass is 9.97. The van der Waals surface area contributed by atoms with Crippen molar-refractivity contribution in [2.45, 2.75) is 25.6 Å². The molecular formula is C24H25NO4. The van der Waals surface area contributed by atoms with E-state index in [2.05, 4.69) is 11.4 Å². The van der Waals surface area contributed by atoms with E-state index >= 15 is 0 Å². The Kier molecular flexibility index (Phi) is 6.08. The molecule has 150 valence electrons. The lowest BCUT2D eigenvalue weighted by molar-refractivity contribution is -0.123. The lowest BCUT2D eigenvalue weighted by Crippen LogP contribution is -2.35. The Hall–Kier alpha value is -2.89. The van der Waals surface area contributed by atoms with Gasteiger partial charge in [0.15, 0.2) is 6.61 Å². The number of carbonyl (C=O) groups excluding carboxylic acids is 1. The topological polar surface area (TPSA) is 67.8 Å². The summed E-state index contributed by atoms with van der Waals surface area (Å²) < 4.78 is 11.4. The summed E-state index contributed by atoms with van der Waals surface area (Å²) in [6, 6.07) is 19.8. The molecule has 1 fully saturated rings. The van der Waals surface area contributed by atoms with Crippen LogP contribution < -0.4 is 10.1 Å². The summed E-state index contributed by atoms with van der Waals surface area (Å²) in [6.45, 7) is 1.31. The van der Waals surface area contributed by atoms with Crippen molar-refractivity contribution in [3.63, 3.8) is 0 Å². The van der Waals surface area contributed by atoms with Crippen LogP contribution in [0.1, 0.15) is 18.4 Å². The molecule has 2 N–H and O–H groups in total. The summed E-state index contributed by atoms with van der Waals surface area (Å²) >= 11 is 0. The molecule has 5 nitrogen and oxygen atoms in total. The summed E-state index contributed by atoms with van der Waals surface area (Å²) in [4.78, 5) is 12.1. The van der Waals surface area contributed by atoms with Crippen molar-refractivity contribution in [2.75, 3.05) is 19.8 Å². The van der Waals surface area contributed by atoms with E-state index in [0.29, 0.717) is 12.3 Å². The van der Waals surface area contributed by atoms with Crippen LogP contribution in [0.5, 0.6) is 5.75 Å². The van der Waals surface area contributed by atoms with E-state index in [9.17, 15) is 9.90 Å². The monoisotopic (exact) mass is 391 g/mol. The van der Waals surface area contributed by atoms with Gasteiger partial charge in [-0.1, -0.05) is 54.6 Å². The largest absolute Gasteiger partial charge is 0.483 e. The van der Waals surface area contributed by atoms with Crippen LogP contribution >= 0.6 is 0 Å². The number of carbonyl (C=O) groups is 1. The summed E-state index contributed by atoms with van der Waals surface area (Å²) in [5, 5.41) is 14.2. The molecule has 1 amide bonds. The van der Waals surface area contributed by atoms with Crippen LogP contribution in [0, 0.1) is 0 Å². The first-order chi connectivity index (χ1) is 14.2. The van der Waals surface area contributed by atoms with Gasteiger partial charge >= 0.3 is 0 Å². The van der Waals surface area contributed by atoms with Crippen molar-refractivity contribution in [1.29, 1.82) is 0 Å². The summed E-state index contributed by atoms with van der Waals surface area (Å²) in [5.41, 5.74) is 3.03. The SMILES string of the molecule is O=C(COc1ccc(-c2ccc(CO)cc2)c2ccccc12)NCC1CCCO1. The van der Waals surface area contributed by atoms with Gasteiger partial charge in [-0.05, 0) is 41.0 Å². The number of fused-ring (bicyclic) bond motifs is 1. The average molecular weight is 391 g/mol. The zero-order valence-corrected chi connectivity index (χ0v) is 16.3. The number of hydrogen-bond donors (Lipinski definition) is 2. The molecule has 0 aromatic heterocycles. The van der Waals surface area contributed by atoms with Gasteiger partial charge in [0, 0.05) is 18.5 Å². The van der Waals surface area contributed by atoms with Gasteiger partial charge in [-0.25, -0.2) is 0 Å². The summed E-state index contributed by atoms with van der Waals surface area (Å²) in [6.07, 6.45) is 2.17. The molecule has 0 spiro atoms. The number of benzene rings is 3. The molecular weight excluding hydrogens is 366 g/mol. The fourth-order valence-corrected chi connectivity index (χ4v) is 3.67. The molecule has 1 heterocycles. The molecule has 1 atom stereocenters. The predicted octanol–water partition coefficient (Wildman–Crippen LogP) is 3.67. The number of ether oxygens (including phenoxy) is 2. The fourth-order valence-electron chi connectivity index (χ4n) is 3.67. The third-order valence-electron chi connectivity index (χ3n) is 5.24. The van der Waals surface area contributed by atoms with Gasteiger partial charge in [-0.3, -0.25) is 4.79 Å². The zero-order valence-electron chi connectivity index (χ0n) is 16.3. The van der Waals surface area contributed by atoms with Crippen LogP contribution in [0.3, 0.4) is 0 Å². The van der Waals surface area contributed by atoms with Crippen molar-refractivity contribution < 1.29 is 19.4 Å². The minimum Gasteiger partial charge on any atom is -0.483 e. The van der Waals surface area contributed by atoms with Crippen LogP contribution in [0.15, 0.2) is 60.7 Å². The smallest absolute Gasteiger partial charge is 0.258 e. The van der Waals surface area contributed by atoms with E-state index in [-0.39, 0.29) is 25.2 Å². The van der Waals surface area contributed by atoms with Gasteiger partial charge in [-0.2, -0.15) is 0 Å². The Morgan fingerprint density at radius 1 is 1.07 bits per heavy atom. The molecule has 0 radical (unpaired) electrons. The molecule has 1 unspecified atom stereocenters. The standard InChI is InChI=1S/C24H25NO4/c26-15-17-7-9-18(10-8-17)20-11-12-23(22-6-2-1-5-21(20)22)29-16-24(27)25-14-19-4-3-13-28-19/h1-2,5-12,19,26H,3-4,13-16H2,(H,25,27). The van der Waals surface area contributed by atoms with Gasteiger partial charge in [0.25, 0.3) is 5.91 Å². The molecule has 4 rings (SSSR count). The molecule has 29 heavy (non-hydrogen) atoms. The predicted molar refractivity (Wildman–Crippen MR) is 113 cm³/mol. The Morgan fingerprint density at radius 3 is 2.59 bits per heavy atom. The third kappa shape index (κ3) is 4.58. The van der Waals surface area contributed by atoms with E-state index in [1.54, 1.807) is 0 Å². The van der Waals surface area contributed by atoms with Gasteiger partial charge in [-0.15, -0.1) is 0 Å². The van der Waals surface area contributed by atoms with Crippen LogP contribution in [-0.4, -0.2) is 36.9 Å². The molecule has 5 heteroatoms. The third-order valence-corrected chi connectivity index (χ3v) is 5.24. The van der Waals surface area contributed by atoms with E-state index in [1.807, 2.05) is 54.6 Å². The quantitative estimate of drug-likeness (QED) is 0.645. The highest BCUT2D eigenvalue weighted by Gasteiger charge is 2.16. The number of rotatable bonds is 7. The molecule has 0 saturated carbocycles. The normalized spacial score (nSPS) is 16.1. The van der Waals surface area contributed by atoms with Gasteiger partial charge in [0.1, 0.15) is 5.75 Å². The first kappa shape index (κ1) is 19.4. The van der Waals surface area contributed by atoms with Gasteiger partial charge < -0.3 is 19.9 Å². The van der Waals surface area contributed by atoms with Crippen LogP contribution in [-0.2, 0) is 16.1 Å². The van der Waals surface area contributed by atoms with Crippen molar-refractivity contribution in [1.82, 2.24) is 5.32 Å². The van der Waals surface area contributed by atoms with Gasteiger partial charge in [0.05, 0.1) is 12.7 Å². The minimum atomic E-state index is -0.145. The number of aliphatic hydroxyl groups excluding tert-OH is 1. The number of aliphatic hydroxyl groups is 1. The minimum absolute atomic E-state index is 0.0265. The maximum Gasteiger partial charge on any atom is 0.258 e. The highest BCUT2D eigenvalue weighted by Crippen LogP contribution is 2.34. The molecule has 0 aliphatic carbocycles.